The zero-order valence-electron chi connectivity index (χ0n) is 16.4. The monoisotopic (exact) mass is 428 g/mol. The lowest BCUT2D eigenvalue weighted by molar-refractivity contribution is 0.000442. The van der Waals surface area contributed by atoms with E-state index in [1.165, 1.54) is 19.3 Å². The lowest BCUT2D eigenvalue weighted by Gasteiger charge is -2.44. The van der Waals surface area contributed by atoms with E-state index < -0.39 is 5.60 Å². The first-order chi connectivity index (χ1) is 14.4. The van der Waals surface area contributed by atoms with E-state index in [1.54, 1.807) is 29.2 Å². The number of hydrogen-bond donors (Lipinski definition) is 2. The average Bonchev–Trinajstić information content (AvgIpc) is 2.75. The average molecular weight is 429 g/mol. The smallest absolute Gasteiger partial charge is 0.323 e. The van der Waals surface area contributed by atoms with Crippen LogP contribution < -0.4 is 15.4 Å². The molecular weight excluding hydrogens is 408 g/mol. The largest absolute Gasteiger partial charge is 0.484 e. The van der Waals surface area contributed by atoms with Crippen LogP contribution in [0.5, 0.6) is 5.75 Å². The Morgan fingerprint density at radius 1 is 1.23 bits per heavy atom. The van der Waals surface area contributed by atoms with Gasteiger partial charge in [-0.3, -0.25) is 14.9 Å². The number of Topliss-reactive ketones (excluding diaryl/α,β-unsaturated/α-hetero) is 1. The van der Waals surface area contributed by atoms with Crippen LogP contribution in [0.3, 0.4) is 0 Å². The third-order valence-electron chi connectivity index (χ3n) is 5.51. The highest BCUT2D eigenvalue weighted by Crippen LogP contribution is 2.42. The molecule has 3 heterocycles. The second-order valence-electron chi connectivity index (χ2n) is 7.43. The number of fused-ring (bicyclic) bond motifs is 1. The van der Waals surface area contributed by atoms with Crippen molar-refractivity contribution >= 4 is 35.1 Å². The first-order valence-electron chi connectivity index (χ1n) is 9.66. The number of carbonyl (C=O) groups is 3. The second kappa shape index (κ2) is 7.95. The van der Waals surface area contributed by atoms with Gasteiger partial charge in [-0.15, -0.1) is 0 Å². The van der Waals surface area contributed by atoms with Crippen molar-refractivity contribution in [2.24, 2.45) is 0 Å². The lowest BCUT2D eigenvalue weighted by atomic mass is 9.82. The fourth-order valence-electron chi connectivity index (χ4n) is 3.84. The molecule has 0 atom stereocenters. The standard InChI is InChI=1S/C21H21ClN4O4/c1-23-19(28)13-5-8-24-17(11-13)25-20(29)26-9-6-21(7-10-26)12-16(27)14-3-2-4-15(22)18(14)30-21/h2-5,8,11H,6-7,9-10,12H2,1H3,(H,23,28)(H,24,25,29). The Morgan fingerprint density at radius 2 is 2.00 bits per heavy atom. The Labute approximate surface area is 178 Å². The molecule has 2 aliphatic heterocycles. The maximum Gasteiger partial charge on any atom is 0.323 e. The Morgan fingerprint density at radius 3 is 2.73 bits per heavy atom. The molecule has 0 bridgehead atoms. The molecule has 0 saturated carbocycles. The molecule has 0 unspecified atom stereocenters. The third-order valence-corrected chi connectivity index (χ3v) is 5.81. The molecule has 3 amide bonds. The number of para-hydroxylation sites is 1. The molecule has 30 heavy (non-hydrogen) atoms. The molecule has 4 rings (SSSR count). The van der Waals surface area contributed by atoms with Gasteiger partial charge in [0.25, 0.3) is 5.91 Å². The number of halogens is 1. The number of urea groups is 1. The van der Waals surface area contributed by atoms with Crippen molar-refractivity contribution in [3.8, 4) is 5.75 Å². The third kappa shape index (κ3) is 3.82. The van der Waals surface area contributed by atoms with Crippen LogP contribution >= 0.6 is 11.6 Å². The van der Waals surface area contributed by atoms with Crippen LogP contribution in [0.2, 0.25) is 5.02 Å². The van der Waals surface area contributed by atoms with Crippen LogP contribution in [-0.2, 0) is 0 Å². The number of aromatic nitrogens is 1. The van der Waals surface area contributed by atoms with Crippen LogP contribution in [0.4, 0.5) is 10.6 Å². The van der Waals surface area contributed by atoms with Crippen molar-refractivity contribution in [2.45, 2.75) is 24.9 Å². The maximum absolute atomic E-state index is 12.7. The molecule has 1 spiro atoms. The predicted molar refractivity (Wildman–Crippen MR) is 111 cm³/mol. The van der Waals surface area contributed by atoms with Gasteiger partial charge in [0.15, 0.2) is 5.78 Å². The van der Waals surface area contributed by atoms with Crippen molar-refractivity contribution in [3.63, 3.8) is 0 Å². The Balaban J connectivity index is 1.41. The SMILES string of the molecule is CNC(=O)c1ccnc(NC(=O)N2CCC3(CC2)CC(=O)c2cccc(Cl)c2O3)c1. The summed E-state index contributed by atoms with van der Waals surface area (Å²) in [7, 11) is 1.54. The van der Waals surface area contributed by atoms with Gasteiger partial charge in [0.1, 0.15) is 17.2 Å². The van der Waals surface area contributed by atoms with Gasteiger partial charge in [-0.1, -0.05) is 17.7 Å². The molecular formula is C21H21ClN4O4. The number of carbonyl (C=O) groups excluding carboxylic acids is 3. The van der Waals surface area contributed by atoms with Crippen LogP contribution in [-0.4, -0.2) is 53.3 Å². The van der Waals surface area contributed by atoms with E-state index >= 15 is 0 Å². The summed E-state index contributed by atoms with van der Waals surface area (Å²) in [5, 5.41) is 5.67. The van der Waals surface area contributed by atoms with E-state index in [0.29, 0.717) is 53.6 Å². The van der Waals surface area contributed by atoms with Crippen molar-refractivity contribution in [2.75, 3.05) is 25.5 Å². The zero-order valence-corrected chi connectivity index (χ0v) is 17.2. The van der Waals surface area contributed by atoms with Crippen LogP contribution in [0.15, 0.2) is 36.5 Å². The number of rotatable bonds is 2. The van der Waals surface area contributed by atoms with Gasteiger partial charge in [-0.2, -0.15) is 0 Å². The van der Waals surface area contributed by atoms with Crippen molar-refractivity contribution in [1.82, 2.24) is 15.2 Å². The number of nitrogens with one attached hydrogen (secondary N) is 2. The fraction of sp³-hybridized carbons (Fsp3) is 0.333. The lowest BCUT2D eigenvalue weighted by Crippen LogP contribution is -2.53. The second-order valence-corrected chi connectivity index (χ2v) is 7.83. The number of pyridine rings is 1. The predicted octanol–water partition coefficient (Wildman–Crippen LogP) is 3.13. The van der Waals surface area contributed by atoms with E-state index in [-0.39, 0.29) is 24.1 Å². The van der Waals surface area contributed by atoms with Gasteiger partial charge in [0, 0.05) is 44.7 Å². The van der Waals surface area contributed by atoms with Gasteiger partial charge in [-0.25, -0.2) is 9.78 Å². The molecule has 1 aromatic heterocycles. The van der Waals surface area contributed by atoms with Gasteiger partial charge < -0.3 is 15.0 Å². The van der Waals surface area contributed by atoms with Crippen LogP contribution in [0, 0.1) is 0 Å². The molecule has 1 aromatic carbocycles. The molecule has 1 saturated heterocycles. The number of piperidine rings is 1. The highest BCUT2D eigenvalue weighted by atomic mass is 35.5. The summed E-state index contributed by atoms with van der Waals surface area (Å²) < 4.78 is 6.19. The number of benzene rings is 1. The summed E-state index contributed by atoms with van der Waals surface area (Å²) in [5.41, 5.74) is 0.267. The summed E-state index contributed by atoms with van der Waals surface area (Å²) in [6.07, 6.45) is 2.77. The number of amides is 3. The summed E-state index contributed by atoms with van der Waals surface area (Å²) in [6, 6.07) is 7.94. The first-order valence-corrected chi connectivity index (χ1v) is 10.0. The van der Waals surface area contributed by atoms with E-state index in [1.807, 2.05) is 0 Å². The molecule has 2 N–H and O–H groups in total. The van der Waals surface area contributed by atoms with Gasteiger partial charge >= 0.3 is 6.03 Å². The number of nitrogens with zero attached hydrogens (tertiary/aromatic N) is 2. The molecule has 1 fully saturated rings. The number of likely N-dealkylation sites (tertiary alicyclic amines) is 1. The maximum atomic E-state index is 12.7. The summed E-state index contributed by atoms with van der Waals surface area (Å²) in [6.45, 7) is 0.849. The minimum absolute atomic E-state index is 0.00636. The number of hydrogen-bond acceptors (Lipinski definition) is 5. The van der Waals surface area contributed by atoms with Crippen LogP contribution in [0.25, 0.3) is 0 Å². The molecule has 0 radical (unpaired) electrons. The van der Waals surface area contributed by atoms with Crippen molar-refractivity contribution < 1.29 is 19.1 Å². The van der Waals surface area contributed by atoms with Gasteiger partial charge in [0.2, 0.25) is 0 Å². The van der Waals surface area contributed by atoms with E-state index in [0.717, 1.165) is 0 Å². The highest BCUT2D eigenvalue weighted by molar-refractivity contribution is 6.32. The van der Waals surface area contributed by atoms with E-state index in [9.17, 15) is 14.4 Å². The normalized spacial score (nSPS) is 17.1. The highest BCUT2D eigenvalue weighted by Gasteiger charge is 2.44. The number of ketones is 1. The molecule has 2 aromatic rings. The summed E-state index contributed by atoms with van der Waals surface area (Å²) in [4.78, 5) is 42.8. The molecule has 0 aliphatic carbocycles. The van der Waals surface area contributed by atoms with Crippen molar-refractivity contribution in [3.05, 3.63) is 52.7 Å². The number of anilines is 1. The Bertz CT molecular complexity index is 1020. The quantitative estimate of drug-likeness (QED) is 0.765. The molecule has 156 valence electrons. The minimum atomic E-state index is -0.650. The molecule has 2 aliphatic rings. The zero-order chi connectivity index (χ0) is 21.3. The Kier molecular flexibility index (Phi) is 5.34. The number of ether oxygens (including phenoxy) is 1. The van der Waals surface area contributed by atoms with Gasteiger partial charge in [0.05, 0.1) is 17.0 Å². The molecule has 9 heteroatoms. The molecule has 8 nitrogen and oxygen atoms in total. The van der Waals surface area contributed by atoms with E-state index in [2.05, 4.69) is 15.6 Å². The Hall–Kier alpha value is -3.13. The van der Waals surface area contributed by atoms with Crippen molar-refractivity contribution in [1.29, 1.82) is 0 Å². The van der Waals surface area contributed by atoms with Crippen LogP contribution in [0.1, 0.15) is 40.0 Å². The van der Waals surface area contributed by atoms with Gasteiger partial charge in [-0.05, 0) is 24.3 Å². The first kappa shape index (κ1) is 20.2. The summed E-state index contributed by atoms with van der Waals surface area (Å²) >= 11 is 6.24. The van der Waals surface area contributed by atoms with E-state index in [4.69, 9.17) is 16.3 Å². The minimum Gasteiger partial charge on any atom is -0.484 e. The summed E-state index contributed by atoms with van der Waals surface area (Å²) in [5.74, 6) is 0.479. The topological polar surface area (TPSA) is 101 Å². The fourth-order valence-corrected chi connectivity index (χ4v) is 4.05.